The van der Waals surface area contributed by atoms with Crippen LogP contribution < -0.4 is 16.4 Å². The van der Waals surface area contributed by atoms with Crippen molar-refractivity contribution >= 4 is 23.5 Å². The number of urea groups is 1. The van der Waals surface area contributed by atoms with Crippen LogP contribution in [0.4, 0.5) is 10.5 Å². The summed E-state index contributed by atoms with van der Waals surface area (Å²) < 4.78 is 0. The molecule has 2 rings (SSSR count). The Morgan fingerprint density at radius 1 is 1.22 bits per heavy atom. The summed E-state index contributed by atoms with van der Waals surface area (Å²) in [5, 5.41) is 5.82. The summed E-state index contributed by atoms with van der Waals surface area (Å²) in [6.45, 7) is 1.74. The van der Waals surface area contributed by atoms with Crippen LogP contribution in [0.5, 0.6) is 0 Å². The molecule has 1 heterocycles. The molecule has 8 heteroatoms. The van der Waals surface area contributed by atoms with Gasteiger partial charge in [0.1, 0.15) is 0 Å². The van der Waals surface area contributed by atoms with Gasteiger partial charge in [0.05, 0.1) is 6.54 Å². The number of piperidine rings is 1. The number of hydrogen-bond acceptors (Lipinski definition) is 4. The molecule has 4 amide bonds. The van der Waals surface area contributed by atoms with Crippen LogP contribution in [0.1, 0.15) is 24.8 Å². The number of benzene rings is 1. The van der Waals surface area contributed by atoms with Crippen molar-refractivity contribution in [2.45, 2.75) is 31.7 Å². The smallest absolute Gasteiger partial charge is 0.319 e. The van der Waals surface area contributed by atoms with Gasteiger partial charge in [-0.3, -0.25) is 14.5 Å². The molecule has 1 aromatic rings. The Morgan fingerprint density at radius 3 is 2.56 bits per heavy atom. The average molecular weight is 375 g/mol. The topological polar surface area (TPSA) is 108 Å². The van der Waals surface area contributed by atoms with Crippen molar-refractivity contribution in [3.8, 4) is 0 Å². The van der Waals surface area contributed by atoms with Gasteiger partial charge in [0.25, 0.3) is 0 Å². The molecule has 0 unspecified atom stereocenters. The van der Waals surface area contributed by atoms with Gasteiger partial charge in [-0.05, 0) is 37.0 Å². The van der Waals surface area contributed by atoms with E-state index in [1.807, 2.05) is 29.2 Å². The summed E-state index contributed by atoms with van der Waals surface area (Å²) in [4.78, 5) is 38.5. The van der Waals surface area contributed by atoms with Gasteiger partial charge in [0, 0.05) is 45.3 Å². The number of likely N-dealkylation sites (tertiary alicyclic amines) is 1. The number of carbonyl (C=O) groups is 3. The Morgan fingerprint density at radius 2 is 1.93 bits per heavy atom. The van der Waals surface area contributed by atoms with Crippen molar-refractivity contribution < 1.29 is 14.4 Å². The molecule has 4 N–H and O–H groups in total. The summed E-state index contributed by atoms with van der Waals surface area (Å²) in [6, 6.07) is 7.36. The first-order valence-electron chi connectivity index (χ1n) is 9.20. The minimum Gasteiger partial charge on any atom is -0.369 e. The molecule has 1 fully saturated rings. The van der Waals surface area contributed by atoms with Crippen LogP contribution in [0.15, 0.2) is 24.3 Å². The van der Waals surface area contributed by atoms with Crippen LogP contribution in [0.25, 0.3) is 0 Å². The van der Waals surface area contributed by atoms with E-state index in [9.17, 15) is 14.4 Å². The number of primary amides is 1. The fraction of sp³-hybridized carbons (Fsp3) is 0.526. The maximum atomic E-state index is 12.2. The van der Waals surface area contributed by atoms with Crippen LogP contribution >= 0.6 is 0 Å². The number of aryl methyl sites for hydroxylation is 1. The van der Waals surface area contributed by atoms with Gasteiger partial charge in [-0.25, -0.2) is 4.79 Å². The monoisotopic (exact) mass is 375 g/mol. The molecule has 148 valence electrons. The highest BCUT2D eigenvalue weighted by Gasteiger charge is 2.21. The number of nitrogens with zero attached hydrogens (tertiary/aromatic N) is 2. The lowest BCUT2D eigenvalue weighted by Gasteiger charge is -2.31. The Labute approximate surface area is 160 Å². The van der Waals surface area contributed by atoms with E-state index in [1.54, 1.807) is 19.0 Å². The summed E-state index contributed by atoms with van der Waals surface area (Å²) in [5.41, 5.74) is 6.91. The van der Waals surface area contributed by atoms with Gasteiger partial charge >= 0.3 is 6.03 Å². The van der Waals surface area contributed by atoms with E-state index in [0.29, 0.717) is 18.5 Å². The van der Waals surface area contributed by atoms with E-state index >= 15 is 0 Å². The zero-order chi connectivity index (χ0) is 19.8. The van der Waals surface area contributed by atoms with Gasteiger partial charge in [-0.15, -0.1) is 0 Å². The highest BCUT2D eigenvalue weighted by Crippen LogP contribution is 2.14. The number of nitrogens with two attached hydrogens (primary N) is 1. The second-order valence-corrected chi connectivity index (χ2v) is 7.10. The third kappa shape index (κ3) is 7.26. The Hall–Kier alpha value is -2.61. The first-order valence-corrected chi connectivity index (χ1v) is 9.20. The molecule has 0 radical (unpaired) electrons. The highest BCUT2D eigenvalue weighted by atomic mass is 16.2. The molecule has 0 aromatic heterocycles. The molecule has 1 aliphatic heterocycles. The molecule has 27 heavy (non-hydrogen) atoms. The van der Waals surface area contributed by atoms with Crippen molar-refractivity contribution in [3.63, 3.8) is 0 Å². The molecule has 0 bridgehead atoms. The van der Waals surface area contributed by atoms with Crippen molar-refractivity contribution in [2.24, 2.45) is 5.73 Å². The van der Waals surface area contributed by atoms with Crippen LogP contribution in [-0.2, 0) is 16.0 Å². The van der Waals surface area contributed by atoms with E-state index in [4.69, 9.17) is 5.73 Å². The minimum absolute atomic E-state index is 0.0776. The van der Waals surface area contributed by atoms with Crippen LogP contribution in [0.3, 0.4) is 0 Å². The molecular weight excluding hydrogens is 346 g/mol. The number of anilines is 1. The van der Waals surface area contributed by atoms with Crippen LogP contribution in [0.2, 0.25) is 0 Å². The summed E-state index contributed by atoms with van der Waals surface area (Å²) in [5.74, 6) is -0.250. The molecule has 1 aliphatic rings. The predicted octanol–water partition coefficient (Wildman–Crippen LogP) is 0.779. The number of amides is 4. The number of hydrogen-bond donors (Lipinski definition) is 3. The van der Waals surface area contributed by atoms with Gasteiger partial charge in [0.2, 0.25) is 11.8 Å². The van der Waals surface area contributed by atoms with E-state index in [2.05, 4.69) is 10.6 Å². The zero-order valence-electron chi connectivity index (χ0n) is 16.0. The second-order valence-electron chi connectivity index (χ2n) is 7.10. The SMILES string of the molecule is CN(C)C(=O)CCc1cccc(NC(=O)NC2CCN(CC(N)=O)CC2)c1. The summed E-state index contributed by atoms with van der Waals surface area (Å²) in [7, 11) is 3.48. The predicted molar refractivity (Wildman–Crippen MR) is 104 cm³/mol. The largest absolute Gasteiger partial charge is 0.369 e. The number of rotatable bonds is 7. The molecule has 1 saturated heterocycles. The molecule has 1 aromatic carbocycles. The zero-order valence-corrected chi connectivity index (χ0v) is 16.0. The first-order chi connectivity index (χ1) is 12.8. The lowest BCUT2D eigenvalue weighted by molar-refractivity contribution is -0.128. The van der Waals surface area contributed by atoms with E-state index in [0.717, 1.165) is 31.5 Å². The van der Waals surface area contributed by atoms with Crippen LogP contribution in [-0.4, -0.2) is 67.4 Å². The van der Waals surface area contributed by atoms with Gasteiger partial charge in [-0.1, -0.05) is 12.1 Å². The average Bonchev–Trinajstić information content (AvgIpc) is 2.61. The highest BCUT2D eigenvalue weighted by molar-refractivity contribution is 5.89. The maximum Gasteiger partial charge on any atom is 0.319 e. The van der Waals surface area contributed by atoms with Gasteiger partial charge in [-0.2, -0.15) is 0 Å². The maximum absolute atomic E-state index is 12.2. The first kappa shape index (κ1) is 20.7. The van der Waals surface area contributed by atoms with Crippen molar-refractivity contribution in [2.75, 3.05) is 39.0 Å². The minimum atomic E-state index is -0.327. The third-order valence-electron chi connectivity index (χ3n) is 4.61. The standard InChI is InChI=1S/C19H29N5O3/c1-23(2)18(26)7-6-14-4-3-5-16(12-14)22-19(27)21-15-8-10-24(11-9-15)13-17(20)25/h3-5,12,15H,6-11,13H2,1-2H3,(H2,20,25)(H2,21,22,27). The third-order valence-corrected chi connectivity index (χ3v) is 4.61. The molecule has 0 spiro atoms. The lowest BCUT2D eigenvalue weighted by Crippen LogP contribution is -2.47. The van der Waals surface area contributed by atoms with E-state index < -0.39 is 0 Å². The van der Waals surface area contributed by atoms with E-state index in [-0.39, 0.29) is 30.4 Å². The van der Waals surface area contributed by atoms with Crippen molar-refractivity contribution in [3.05, 3.63) is 29.8 Å². The van der Waals surface area contributed by atoms with Crippen molar-refractivity contribution in [1.82, 2.24) is 15.1 Å². The van der Waals surface area contributed by atoms with Gasteiger partial charge < -0.3 is 21.3 Å². The van der Waals surface area contributed by atoms with Crippen molar-refractivity contribution in [1.29, 1.82) is 0 Å². The molecule has 0 atom stereocenters. The van der Waals surface area contributed by atoms with E-state index in [1.165, 1.54) is 0 Å². The number of carbonyl (C=O) groups excluding carboxylic acids is 3. The lowest BCUT2D eigenvalue weighted by atomic mass is 10.1. The fourth-order valence-corrected chi connectivity index (χ4v) is 3.09. The Kier molecular flexibility index (Phi) is 7.60. The van der Waals surface area contributed by atoms with Crippen LogP contribution in [0, 0.1) is 0 Å². The molecule has 0 saturated carbocycles. The summed E-state index contributed by atoms with van der Waals surface area (Å²) in [6.07, 6.45) is 2.64. The molecule has 8 nitrogen and oxygen atoms in total. The molecule has 0 aliphatic carbocycles. The number of nitrogens with one attached hydrogen (secondary N) is 2. The fourth-order valence-electron chi connectivity index (χ4n) is 3.09. The quantitative estimate of drug-likeness (QED) is 0.654. The summed E-state index contributed by atoms with van der Waals surface area (Å²) >= 11 is 0. The molecular formula is C19H29N5O3. The normalized spacial score (nSPS) is 15.2. The Bertz CT molecular complexity index is 669. The Balaban J connectivity index is 1.78. The van der Waals surface area contributed by atoms with Gasteiger partial charge in [0.15, 0.2) is 0 Å². The second kappa shape index (κ2) is 9.91.